The molecule has 3 atom stereocenters. The van der Waals surface area contributed by atoms with Crippen LogP contribution in [-0.4, -0.2) is 44.4 Å². The van der Waals surface area contributed by atoms with E-state index in [-0.39, 0.29) is 23.8 Å². The first-order valence-electron chi connectivity index (χ1n) is 7.10. The third kappa shape index (κ3) is 6.67. The molecule has 7 heteroatoms. The van der Waals surface area contributed by atoms with Gasteiger partial charge in [0.15, 0.2) is 0 Å². The Bertz CT molecular complexity index is 422. The van der Waals surface area contributed by atoms with E-state index < -0.39 is 16.1 Å². The van der Waals surface area contributed by atoms with Crippen LogP contribution in [-0.2, 0) is 14.8 Å². The second kappa shape index (κ2) is 7.38. The van der Waals surface area contributed by atoms with Crippen LogP contribution in [0.5, 0.6) is 0 Å². The molecule has 20 heavy (non-hydrogen) atoms. The van der Waals surface area contributed by atoms with Crippen molar-refractivity contribution < 1.29 is 18.3 Å². The first kappa shape index (κ1) is 17.4. The molecule has 0 aromatic heterocycles. The van der Waals surface area contributed by atoms with Crippen molar-refractivity contribution in [3.05, 3.63) is 0 Å². The highest BCUT2D eigenvalue weighted by atomic mass is 32.2. The summed E-state index contributed by atoms with van der Waals surface area (Å²) in [5.74, 6) is 0.214. The minimum Gasteiger partial charge on any atom is -0.393 e. The topological polar surface area (TPSA) is 95.5 Å². The molecular weight excluding hydrogens is 280 g/mol. The van der Waals surface area contributed by atoms with Gasteiger partial charge in [-0.25, -0.2) is 13.1 Å². The highest BCUT2D eigenvalue weighted by molar-refractivity contribution is 7.88. The van der Waals surface area contributed by atoms with E-state index in [9.17, 15) is 18.3 Å². The van der Waals surface area contributed by atoms with Crippen LogP contribution < -0.4 is 10.0 Å². The lowest BCUT2D eigenvalue weighted by Gasteiger charge is -2.20. The van der Waals surface area contributed by atoms with Crippen LogP contribution in [0.1, 0.15) is 39.5 Å². The maximum absolute atomic E-state index is 12.1. The minimum atomic E-state index is -3.41. The van der Waals surface area contributed by atoms with Gasteiger partial charge in [-0.2, -0.15) is 0 Å². The van der Waals surface area contributed by atoms with E-state index in [1.807, 2.05) is 13.8 Å². The van der Waals surface area contributed by atoms with Crippen molar-refractivity contribution in [3.8, 4) is 0 Å². The molecule has 1 aliphatic rings. The van der Waals surface area contributed by atoms with Gasteiger partial charge in [0, 0.05) is 6.54 Å². The molecule has 0 radical (unpaired) electrons. The van der Waals surface area contributed by atoms with Crippen molar-refractivity contribution in [2.24, 2.45) is 11.8 Å². The summed E-state index contributed by atoms with van der Waals surface area (Å²) in [6.07, 6.45) is 3.63. The molecule has 0 aliphatic heterocycles. The first-order valence-corrected chi connectivity index (χ1v) is 8.99. The molecule has 3 N–H and O–H groups in total. The number of aliphatic hydroxyl groups excluding tert-OH is 1. The summed E-state index contributed by atoms with van der Waals surface area (Å²) in [5.41, 5.74) is 0. The smallest absolute Gasteiger partial charge is 0.238 e. The molecule has 0 aromatic carbocycles. The van der Waals surface area contributed by atoms with Crippen LogP contribution in [0.25, 0.3) is 0 Å². The van der Waals surface area contributed by atoms with Crippen molar-refractivity contribution in [3.63, 3.8) is 0 Å². The zero-order valence-electron chi connectivity index (χ0n) is 12.4. The van der Waals surface area contributed by atoms with Gasteiger partial charge in [0.05, 0.1) is 12.4 Å². The highest BCUT2D eigenvalue weighted by Gasteiger charge is 2.26. The molecule has 0 saturated heterocycles. The molecule has 0 bridgehead atoms. The molecule has 3 unspecified atom stereocenters. The van der Waals surface area contributed by atoms with Gasteiger partial charge in [0.25, 0.3) is 0 Å². The fraction of sp³-hybridized carbons (Fsp3) is 0.923. The summed E-state index contributed by atoms with van der Waals surface area (Å²) in [7, 11) is -3.41. The van der Waals surface area contributed by atoms with Crippen LogP contribution in [0, 0.1) is 11.8 Å². The number of carbonyl (C=O) groups excluding carboxylic acids is 1. The van der Waals surface area contributed by atoms with Gasteiger partial charge < -0.3 is 10.4 Å². The number of carbonyl (C=O) groups is 1. The van der Waals surface area contributed by atoms with Gasteiger partial charge in [-0.3, -0.25) is 4.79 Å². The van der Waals surface area contributed by atoms with E-state index in [1.54, 1.807) is 0 Å². The van der Waals surface area contributed by atoms with Gasteiger partial charge >= 0.3 is 0 Å². The number of amides is 1. The predicted octanol–water partition coefficient (Wildman–Crippen LogP) is 0.228. The number of hydrogen-bond donors (Lipinski definition) is 3. The fourth-order valence-electron chi connectivity index (χ4n) is 2.54. The SMILES string of the molecule is CC(C)CC(NS(C)(=O)=O)C(=O)NCC1CCC(O)C1. The molecule has 1 fully saturated rings. The molecule has 1 aliphatic carbocycles. The van der Waals surface area contributed by atoms with Crippen LogP contribution >= 0.6 is 0 Å². The number of aliphatic hydroxyl groups is 1. The Labute approximate surface area is 121 Å². The van der Waals surface area contributed by atoms with Crippen molar-refractivity contribution in [2.75, 3.05) is 12.8 Å². The minimum absolute atomic E-state index is 0.216. The lowest BCUT2D eigenvalue weighted by atomic mass is 10.0. The predicted molar refractivity (Wildman–Crippen MR) is 77.6 cm³/mol. The average molecular weight is 306 g/mol. The Kier molecular flexibility index (Phi) is 6.42. The van der Waals surface area contributed by atoms with Crippen LogP contribution in [0.4, 0.5) is 0 Å². The summed E-state index contributed by atoms with van der Waals surface area (Å²) >= 11 is 0. The number of hydrogen-bond acceptors (Lipinski definition) is 4. The number of nitrogens with one attached hydrogen (secondary N) is 2. The van der Waals surface area contributed by atoms with E-state index in [2.05, 4.69) is 10.0 Å². The number of sulfonamides is 1. The quantitative estimate of drug-likeness (QED) is 0.627. The van der Waals surface area contributed by atoms with E-state index in [0.717, 1.165) is 19.1 Å². The molecule has 0 spiro atoms. The summed E-state index contributed by atoms with van der Waals surface area (Å²) in [6.45, 7) is 4.38. The van der Waals surface area contributed by atoms with Crippen LogP contribution in [0.2, 0.25) is 0 Å². The average Bonchev–Trinajstić information content (AvgIpc) is 2.68. The molecule has 0 heterocycles. The van der Waals surface area contributed by atoms with Gasteiger partial charge in [-0.05, 0) is 37.5 Å². The fourth-order valence-corrected chi connectivity index (χ4v) is 3.26. The molecule has 1 rings (SSSR count). The third-order valence-electron chi connectivity index (χ3n) is 3.46. The van der Waals surface area contributed by atoms with E-state index >= 15 is 0 Å². The van der Waals surface area contributed by atoms with Crippen LogP contribution in [0.3, 0.4) is 0 Å². The largest absolute Gasteiger partial charge is 0.393 e. The maximum atomic E-state index is 12.1. The lowest BCUT2D eigenvalue weighted by molar-refractivity contribution is -0.123. The van der Waals surface area contributed by atoms with Gasteiger partial charge in [0.2, 0.25) is 15.9 Å². The van der Waals surface area contributed by atoms with Crippen molar-refractivity contribution in [1.82, 2.24) is 10.0 Å². The van der Waals surface area contributed by atoms with E-state index in [1.165, 1.54) is 0 Å². The summed E-state index contributed by atoms with van der Waals surface area (Å²) in [4.78, 5) is 12.1. The highest BCUT2D eigenvalue weighted by Crippen LogP contribution is 2.24. The van der Waals surface area contributed by atoms with Crippen molar-refractivity contribution >= 4 is 15.9 Å². The van der Waals surface area contributed by atoms with Crippen molar-refractivity contribution in [2.45, 2.75) is 51.7 Å². The second-order valence-electron chi connectivity index (χ2n) is 6.15. The molecule has 118 valence electrons. The standard InChI is InChI=1S/C13H26N2O4S/c1-9(2)6-12(15-20(3,18)19)13(17)14-8-10-4-5-11(16)7-10/h9-12,15-16H,4-8H2,1-3H3,(H,14,17). The molecule has 0 aromatic rings. The van der Waals surface area contributed by atoms with E-state index in [4.69, 9.17) is 0 Å². The monoisotopic (exact) mass is 306 g/mol. The summed E-state index contributed by atoms with van der Waals surface area (Å²) in [5, 5.41) is 12.2. The Balaban J connectivity index is 2.50. The Morgan fingerprint density at radius 3 is 2.45 bits per heavy atom. The van der Waals surface area contributed by atoms with Gasteiger partial charge in [-0.1, -0.05) is 13.8 Å². The summed E-state index contributed by atoms with van der Waals surface area (Å²) in [6, 6.07) is -0.726. The molecular formula is C13H26N2O4S. The summed E-state index contributed by atoms with van der Waals surface area (Å²) < 4.78 is 25.0. The molecule has 1 amide bonds. The second-order valence-corrected chi connectivity index (χ2v) is 7.93. The van der Waals surface area contributed by atoms with Gasteiger partial charge in [0.1, 0.15) is 6.04 Å². The third-order valence-corrected chi connectivity index (χ3v) is 4.17. The first-order chi connectivity index (χ1) is 9.17. The molecule has 6 nitrogen and oxygen atoms in total. The zero-order valence-corrected chi connectivity index (χ0v) is 13.2. The lowest BCUT2D eigenvalue weighted by Crippen LogP contribution is -2.47. The van der Waals surface area contributed by atoms with Gasteiger partial charge in [-0.15, -0.1) is 0 Å². The Morgan fingerprint density at radius 2 is 2.00 bits per heavy atom. The zero-order chi connectivity index (χ0) is 15.3. The van der Waals surface area contributed by atoms with Crippen molar-refractivity contribution in [1.29, 1.82) is 0 Å². The Morgan fingerprint density at radius 1 is 1.35 bits per heavy atom. The number of rotatable bonds is 7. The normalized spacial score (nSPS) is 24.9. The molecule has 1 saturated carbocycles. The maximum Gasteiger partial charge on any atom is 0.238 e. The van der Waals surface area contributed by atoms with Crippen LogP contribution in [0.15, 0.2) is 0 Å². The van der Waals surface area contributed by atoms with E-state index in [0.29, 0.717) is 19.4 Å². The Hall–Kier alpha value is -0.660.